The Hall–Kier alpha value is -3.19. The largest absolute Gasteiger partial charge is 0.449 e. The van der Waals surface area contributed by atoms with Crippen LogP contribution in [-0.2, 0) is 19.1 Å². The molecule has 2 aromatic carbocycles. The topological polar surface area (TPSA) is 92.8 Å². The highest BCUT2D eigenvalue weighted by molar-refractivity contribution is 6.33. The number of esters is 1. The summed E-state index contributed by atoms with van der Waals surface area (Å²) in [6.07, 6.45) is -0.790. The zero-order valence-electron chi connectivity index (χ0n) is 15.0. The number of amides is 3. The second kappa shape index (κ2) is 8.22. The van der Waals surface area contributed by atoms with Crippen LogP contribution in [0.1, 0.15) is 30.1 Å². The molecule has 8 heteroatoms. The van der Waals surface area contributed by atoms with Crippen LogP contribution in [0, 0.1) is 0 Å². The maximum atomic E-state index is 12.4. The average molecular weight is 401 g/mol. The zero-order valence-corrected chi connectivity index (χ0v) is 15.7. The van der Waals surface area contributed by atoms with Gasteiger partial charge >= 0.3 is 5.97 Å². The molecular formula is C20H17ClN2O5. The number of carbonyl (C=O) groups is 4. The molecule has 1 aliphatic heterocycles. The van der Waals surface area contributed by atoms with E-state index in [0.29, 0.717) is 16.4 Å². The summed E-state index contributed by atoms with van der Waals surface area (Å²) in [6.45, 7) is 1.43. The van der Waals surface area contributed by atoms with Gasteiger partial charge < -0.3 is 10.1 Å². The smallest absolute Gasteiger partial charge is 0.338 e. The second-order valence-electron chi connectivity index (χ2n) is 6.19. The summed E-state index contributed by atoms with van der Waals surface area (Å²) in [7, 11) is 0. The van der Waals surface area contributed by atoms with Crippen molar-refractivity contribution in [3.63, 3.8) is 0 Å². The van der Waals surface area contributed by atoms with Gasteiger partial charge in [-0.25, -0.2) is 4.79 Å². The van der Waals surface area contributed by atoms with Gasteiger partial charge in [0.25, 0.3) is 5.91 Å². The van der Waals surface area contributed by atoms with E-state index in [1.807, 2.05) is 0 Å². The lowest BCUT2D eigenvalue weighted by atomic mass is 10.2. The van der Waals surface area contributed by atoms with E-state index in [9.17, 15) is 19.2 Å². The van der Waals surface area contributed by atoms with Crippen LogP contribution in [0.2, 0.25) is 5.02 Å². The SMILES string of the molecule is C[C@@H](OC(=O)c1cccc(N2C(=O)CCC2=O)c1)C(=O)Nc1ccccc1Cl. The highest BCUT2D eigenvalue weighted by atomic mass is 35.5. The molecule has 1 aliphatic rings. The number of hydrogen-bond acceptors (Lipinski definition) is 5. The van der Waals surface area contributed by atoms with Crippen molar-refractivity contribution in [2.45, 2.75) is 25.9 Å². The van der Waals surface area contributed by atoms with E-state index < -0.39 is 18.0 Å². The lowest BCUT2D eigenvalue weighted by Crippen LogP contribution is -2.30. The van der Waals surface area contributed by atoms with Gasteiger partial charge in [0.15, 0.2) is 6.10 Å². The molecular weight excluding hydrogens is 384 g/mol. The Bertz CT molecular complexity index is 943. The first-order chi connectivity index (χ1) is 13.4. The number of benzene rings is 2. The summed E-state index contributed by atoms with van der Waals surface area (Å²) < 4.78 is 5.20. The van der Waals surface area contributed by atoms with E-state index in [1.165, 1.54) is 19.1 Å². The van der Waals surface area contributed by atoms with Gasteiger partial charge in [0.2, 0.25) is 11.8 Å². The third kappa shape index (κ3) is 4.20. The number of para-hydroxylation sites is 1. The molecule has 1 fully saturated rings. The molecule has 1 atom stereocenters. The molecule has 1 heterocycles. The van der Waals surface area contributed by atoms with Gasteiger partial charge in [-0.05, 0) is 37.3 Å². The number of imide groups is 1. The van der Waals surface area contributed by atoms with E-state index in [2.05, 4.69) is 5.32 Å². The third-order valence-corrected chi connectivity index (χ3v) is 4.51. The molecule has 0 radical (unpaired) electrons. The van der Waals surface area contributed by atoms with Gasteiger partial charge in [-0.1, -0.05) is 29.8 Å². The first-order valence-corrected chi connectivity index (χ1v) is 8.97. The minimum Gasteiger partial charge on any atom is -0.449 e. The molecule has 0 aliphatic carbocycles. The van der Waals surface area contributed by atoms with Crippen LogP contribution in [0.4, 0.5) is 11.4 Å². The standard InChI is InChI=1S/C20H17ClN2O5/c1-12(19(26)22-16-8-3-2-7-15(16)21)28-20(27)13-5-4-6-14(11-13)23-17(24)9-10-18(23)25/h2-8,11-12H,9-10H2,1H3,(H,22,26)/t12-/m1/s1. The minimum absolute atomic E-state index is 0.127. The number of nitrogens with one attached hydrogen (secondary N) is 1. The Kier molecular flexibility index (Phi) is 5.75. The number of ether oxygens (including phenoxy) is 1. The number of anilines is 2. The van der Waals surface area contributed by atoms with Crippen molar-refractivity contribution in [2.75, 3.05) is 10.2 Å². The second-order valence-corrected chi connectivity index (χ2v) is 6.60. The predicted molar refractivity (Wildman–Crippen MR) is 103 cm³/mol. The van der Waals surface area contributed by atoms with E-state index >= 15 is 0 Å². The van der Waals surface area contributed by atoms with Gasteiger partial charge in [-0.3, -0.25) is 19.3 Å². The van der Waals surface area contributed by atoms with Crippen LogP contribution in [-0.4, -0.2) is 29.8 Å². The lowest BCUT2D eigenvalue weighted by molar-refractivity contribution is -0.124. The number of nitrogens with zero attached hydrogens (tertiary/aromatic N) is 1. The van der Waals surface area contributed by atoms with Crippen LogP contribution in [0.3, 0.4) is 0 Å². The predicted octanol–water partition coefficient (Wildman–Crippen LogP) is 3.18. The van der Waals surface area contributed by atoms with E-state index in [1.54, 1.807) is 36.4 Å². The van der Waals surface area contributed by atoms with E-state index in [4.69, 9.17) is 16.3 Å². The number of carbonyl (C=O) groups excluding carboxylic acids is 4. The van der Waals surface area contributed by atoms with Crippen molar-refractivity contribution in [1.29, 1.82) is 0 Å². The summed E-state index contributed by atoms with van der Waals surface area (Å²) in [5, 5.41) is 2.95. The van der Waals surface area contributed by atoms with Crippen molar-refractivity contribution < 1.29 is 23.9 Å². The summed E-state index contributed by atoms with van der Waals surface area (Å²) in [4.78, 5) is 49.4. The Labute approximate surface area is 166 Å². The van der Waals surface area contributed by atoms with Crippen molar-refractivity contribution in [3.05, 3.63) is 59.1 Å². The van der Waals surface area contributed by atoms with Gasteiger partial charge in [0.1, 0.15) is 0 Å². The van der Waals surface area contributed by atoms with Crippen molar-refractivity contribution in [3.8, 4) is 0 Å². The van der Waals surface area contributed by atoms with Gasteiger partial charge in [-0.2, -0.15) is 0 Å². The summed E-state index contributed by atoms with van der Waals surface area (Å²) in [5.74, 6) is -1.92. The normalized spacial score (nSPS) is 14.7. The van der Waals surface area contributed by atoms with Crippen LogP contribution in [0.15, 0.2) is 48.5 Å². The molecule has 3 amide bonds. The Morgan fingerprint density at radius 3 is 2.43 bits per heavy atom. The Balaban J connectivity index is 1.68. The molecule has 0 aromatic heterocycles. The summed E-state index contributed by atoms with van der Waals surface area (Å²) in [6, 6.07) is 12.7. The highest BCUT2D eigenvalue weighted by Gasteiger charge is 2.30. The van der Waals surface area contributed by atoms with Crippen LogP contribution in [0.25, 0.3) is 0 Å². The van der Waals surface area contributed by atoms with Crippen LogP contribution >= 0.6 is 11.6 Å². The monoisotopic (exact) mass is 400 g/mol. The van der Waals surface area contributed by atoms with Crippen molar-refractivity contribution in [2.24, 2.45) is 0 Å². The highest BCUT2D eigenvalue weighted by Crippen LogP contribution is 2.24. The molecule has 28 heavy (non-hydrogen) atoms. The van der Waals surface area contributed by atoms with E-state index in [0.717, 1.165) is 4.90 Å². The van der Waals surface area contributed by atoms with Gasteiger partial charge in [0.05, 0.1) is 22.0 Å². The van der Waals surface area contributed by atoms with Gasteiger partial charge in [0, 0.05) is 12.8 Å². The van der Waals surface area contributed by atoms with E-state index in [-0.39, 0.29) is 30.2 Å². The molecule has 3 rings (SSSR count). The maximum Gasteiger partial charge on any atom is 0.338 e. The Morgan fingerprint density at radius 2 is 1.75 bits per heavy atom. The molecule has 1 saturated heterocycles. The first kappa shape index (κ1) is 19.6. The van der Waals surface area contributed by atoms with Crippen molar-refractivity contribution >= 4 is 46.7 Å². The molecule has 0 spiro atoms. The molecule has 7 nitrogen and oxygen atoms in total. The number of hydrogen-bond donors (Lipinski definition) is 1. The molecule has 2 aromatic rings. The number of halogens is 1. The average Bonchev–Trinajstić information content (AvgIpc) is 3.01. The zero-order chi connectivity index (χ0) is 20.3. The summed E-state index contributed by atoms with van der Waals surface area (Å²) in [5.41, 5.74) is 0.836. The third-order valence-electron chi connectivity index (χ3n) is 4.18. The first-order valence-electron chi connectivity index (χ1n) is 8.59. The maximum absolute atomic E-state index is 12.4. The lowest BCUT2D eigenvalue weighted by Gasteiger charge is -2.16. The fourth-order valence-corrected chi connectivity index (χ4v) is 2.90. The molecule has 144 valence electrons. The van der Waals surface area contributed by atoms with Crippen LogP contribution < -0.4 is 10.2 Å². The van der Waals surface area contributed by atoms with Crippen LogP contribution in [0.5, 0.6) is 0 Å². The quantitative estimate of drug-likeness (QED) is 0.614. The van der Waals surface area contributed by atoms with Crippen molar-refractivity contribution in [1.82, 2.24) is 0 Å². The Morgan fingerprint density at radius 1 is 1.07 bits per heavy atom. The molecule has 0 saturated carbocycles. The minimum atomic E-state index is -1.08. The fraction of sp³-hybridized carbons (Fsp3) is 0.200. The fourth-order valence-electron chi connectivity index (χ4n) is 2.72. The molecule has 0 bridgehead atoms. The van der Waals surface area contributed by atoms with Gasteiger partial charge in [-0.15, -0.1) is 0 Å². The summed E-state index contributed by atoms with van der Waals surface area (Å²) >= 11 is 6.00. The molecule has 1 N–H and O–H groups in total. The molecule has 0 unspecified atom stereocenters. The number of rotatable bonds is 5.